The van der Waals surface area contributed by atoms with Gasteiger partial charge in [0.05, 0.1) is 29.4 Å². The molecule has 1 aromatic heterocycles. The first-order chi connectivity index (χ1) is 11.6. The molecule has 0 atom stereocenters. The highest BCUT2D eigenvalue weighted by molar-refractivity contribution is 6.31. The number of pyridine rings is 1. The Labute approximate surface area is 143 Å². The lowest BCUT2D eigenvalue weighted by Crippen LogP contribution is -2.01. The minimum Gasteiger partial charge on any atom is -0.465 e. The van der Waals surface area contributed by atoms with E-state index < -0.39 is 5.97 Å². The molecule has 118 valence electrons. The first-order valence-electron chi connectivity index (χ1n) is 7.06. The third kappa shape index (κ3) is 3.00. The van der Waals surface area contributed by atoms with Crippen molar-refractivity contribution < 1.29 is 9.53 Å². The summed E-state index contributed by atoms with van der Waals surface area (Å²) in [4.78, 5) is 15.7. The number of methoxy groups -OCH3 is 1. The Hall–Kier alpha value is -3.10. The highest BCUT2D eigenvalue weighted by atomic mass is 35.5. The van der Waals surface area contributed by atoms with E-state index in [1.54, 1.807) is 42.5 Å². The van der Waals surface area contributed by atoms with Crippen molar-refractivity contribution in [2.24, 2.45) is 0 Å². The van der Waals surface area contributed by atoms with Gasteiger partial charge in [-0.2, -0.15) is 5.26 Å². The van der Waals surface area contributed by atoms with E-state index in [9.17, 15) is 10.1 Å². The predicted octanol–water partition coefficient (Wildman–Crippen LogP) is 4.29. The highest BCUT2D eigenvalue weighted by Crippen LogP contribution is 2.30. The second kappa shape index (κ2) is 6.57. The van der Waals surface area contributed by atoms with E-state index >= 15 is 0 Å². The summed E-state index contributed by atoms with van der Waals surface area (Å²) >= 11 is 6.07. The second-order valence-electron chi connectivity index (χ2n) is 5.01. The maximum absolute atomic E-state index is 11.5. The lowest BCUT2D eigenvalue weighted by molar-refractivity contribution is 0.0601. The number of nitriles is 1. The molecule has 3 aromatic rings. The first-order valence-corrected chi connectivity index (χ1v) is 7.44. The molecule has 0 radical (unpaired) electrons. The average molecular weight is 338 g/mol. The maximum Gasteiger partial charge on any atom is 0.337 e. The molecular formula is C18H12ClN3O2. The van der Waals surface area contributed by atoms with Gasteiger partial charge >= 0.3 is 5.97 Å². The van der Waals surface area contributed by atoms with E-state index in [1.807, 2.05) is 0 Å². The molecule has 1 heterocycles. The molecule has 0 fully saturated rings. The number of fused-ring (bicyclic) bond motifs is 1. The Morgan fingerprint density at radius 1 is 1.25 bits per heavy atom. The summed E-state index contributed by atoms with van der Waals surface area (Å²) in [5.74, 6) is -0.402. The van der Waals surface area contributed by atoms with Crippen LogP contribution in [0.4, 0.5) is 11.4 Å². The Morgan fingerprint density at radius 3 is 2.67 bits per heavy atom. The van der Waals surface area contributed by atoms with E-state index in [2.05, 4.69) is 21.1 Å². The molecule has 1 N–H and O–H groups in total. The summed E-state index contributed by atoms with van der Waals surface area (Å²) in [5, 5.41) is 13.9. The van der Waals surface area contributed by atoms with Gasteiger partial charge in [0, 0.05) is 22.3 Å². The summed E-state index contributed by atoms with van der Waals surface area (Å²) in [7, 11) is 1.33. The predicted molar refractivity (Wildman–Crippen MR) is 92.5 cm³/mol. The number of ether oxygens (including phenoxy) is 1. The number of carbonyl (C=O) groups is 1. The molecule has 0 unspecified atom stereocenters. The monoisotopic (exact) mass is 337 g/mol. The zero-order valence-corrected chi connectivity index (χ0v) is 13.5. The Morgan fingerprint density at radius 2 is 2.00 bits per heavy atom. The standard InChI is InChI=1S/C18H12ClN3O2/c1-24-18(23)11-2-5-14(6-3-11)22-17-12(9-20)10-21-16-7-4-13(19)8-15(16)17/h2-8,10H,1H3,(H,21,22). The smallest absolute Gasteiger partial charge is 0.337 e. The molecule has 0 aliphatic carbocycles. The molecule has 2 aromatic carbocycles. The molecule has 0 saturated carbocycles. The molecule has 5 nitrogen and oxygen atoms in total. The van der Waals surface area contributed by atoms with E-state index in [4.69, 9.17) is 11.6 Å². The number of nitrogens with one attached hydrogen (secondary N) is 1. The molecular weight excluding hydrogens is 326 g/mol. The van der Waals surface area contributed by atoms with Crippen molar-refractivity contribution in [3.05, 3.63) is 64.8 Å². The highest BCUT2D eigenvalue weighted by Gasteiger charge is 2.11. The van der Waals surface area contributed by atoms with Crippen LogP contribution in [-0.2, 0) is 4.74 Å². The molecule has 0 amide bonds. The summed E-state index contributed by atoms with van der Waals surface area (Å²) in [6.07, 6.45) is 1.52. The van der Waals surface area contributed by atoms with Gasteiger partial charge in [0.1, 0.15) is 6.07 Å². The van der Waals surface area contributed by atoms with E-state index in [0.717, 1.165) is 16.6 Å². The quantitative estimate of drug-likeness (QED) is 0.721. The average Bonchev–Trinajstić information content (AvgIpc) is 2.62. The van der Waals surface area contributed by atoms with Crippen molar-refractivity contribution in [1.82, 2.24) is 4.98 Å². The number of nitrogens with zero attached hydrogens (tertiary/aromatic N) is 2. The summed E-state index contributed by atoms with van der Waals surface area (Å²) < 4.78 is 4.68. The molecule has 0 saturated heterocycles. The molecule has 0 aliphatic heterocycles. The van der Waals surface area contributed by atoms with Crippen LogP contribution in [0.1, 0.15) is 15.9 Å². The van der Waals surface area contributed by atoms with Crippen LogP contribution in [0, 0.1) is 11.3 Å². The number of esters is 1. The zero-order chi connectivity index (χ0) is 17.1. The van der Waals surface area contributed by atoms with Crippen molar-refractivity contribution in [2.45, 2.75) is 0 Å². The van der Waals surface area contributed by atoms with E-state index in [1.165, 1.54) is 13.3 Å². The third-order valence-electron chi connectivity index (χ3n) is 3.53. The van der Waals surface area contributed by atoms with E-state index in [0.29, 0.717) is 21.8 Å². The van der Waals surface area contributed by atoms with Crippen molar-refractivity contribution in [2.75, 3.05) is 12.4 Å². The number of benzene rings is 2. The lowest BCUT2D eigenvalue weighted by atomic mass is 10.1. The molecule has 6 heteroatoms. The van der Waals surface area contributed by atoms with Crippen LogP contribution in [0.3, 0.4) is 0 Å². The number of rotatable bonds is 3. The summed E-state index contributed by atoms with van der Waals surface area (Å²) in [6.45, 7) is 0. The van der Waals surface area contributed by atoms with Crippen LogP contribution in [0.2, 0.25) is 5.02 Å². The van der Waals surface area contributed by atoms with Crippen LogP contribution in [-0.4, -0.2) is 18.1 Å². The fraction of sp³-hybridized carbons (Fsp3) is 0.0556. The van der Waals surface area contributed by atoms with Crippen LogP contribution in [0.15, 0.2) is 48.7 Å². The topological polar surface area (TPSA) is 75.0 Å². The van der Waals surface area contributed by atoms with Gasteiger partial charge in [0.2, 0.25) is 0 Å². The Balaban J connectivity index is 2.04. The van der Waals surface area contributed by atoms with Gasteiger partial charge in [-0.3, -0.25) is 4.98 Å². The zero-order valence-electron chi connectivity index (χ0n) is 12.7. The molecule has 3 rings (SSSR count). The van der Waals surface area contributed by atoms with Crippen molar-refractivity contribution in [3.63, 3.8) is 0 Å². The number of aromatic nitrogens is 1. The van der Waals surface area contributed by atoms with Gasteiger partial charge in [-0.1, -0.05) is 11.6 Å². The van der Waals surface area contributed by atoms with Gasteiger partial charge in [-0.05, 0) is 42.5 Å². The first kappa shape index (κ1) is 15.8. The third-order valence-corrected chi connectivity index (χ3v) is 3.76. The number of halogens is 1. The van der Waals surface area contributed by atoms with Crippen LogP contribution >= 0.6 is 11.6 Å². The van der Waals surface area contributed by atoms with Gasteiger partial charge in [0.15, 0.2) is 0 Å². The maximum atomic E-state index is 11.5. The van der Waals surface area contributed by atoms with Crippen molar-refractivity contribution in [3.8, 4) is 6.07 Å². The van der Waals surface area contributed by atoms with Gasteiger partial charge in [-0.25, -0.2) is 4.79 Å². The Kier molecular flexibility index (Phi) is 4.32. The van der Waals surface area contributed by atoms with Crippen molar-refractivity contribution in [1.29, 1.82) is 5.26 Å². The fourth-order valence-electron chi connectivity index (χ4n) is 2.34. The molecule has 0 aliphatic rings. The van der Waals surface area contributed by atoms with Crippen LogP contribution in [0.25, 0.3) is 10.9 Å². The molecule has 24 heavy (non-hydrogen) atoms. The number of carbonyl (C=O) groups excluding carboxylic acids is 1. The van der Waals surface area contributed by atoms with Gasteiger partial charge in [0.25, 0.3) is 0 Å². The normalized spacial score (nSPS) is 10.2. The van der Waals surface area contributed by atoms with Gasteiger partial charge in [-0.15, -0.1) is 0 Å². The number of anilines is 2. The van der Waals surface area contributed by atoms with Crippen LogP contribution < -0.4 is 5.32 Å². The summed E-state index contributed by atoms with van der Waals surface area (Å²) in [5.41, 5.74) is 2.93. The fourth-order valence-corrected chi connectivity index (χ4v) is 2.51. The van der Waals surface area contributed by atoms with Crippen molar-refractivity contribution >= 4 is 39.8 Å². The minimum atomic E-state index is -0.402. The SMILES string of the molecule is COC(=O)c1ccc(Nc2c(C#N)cnc3ccc(Cl)cc23)cc1. The van der Waals surface area contributed by atoms with Gasteiger partial charge < -0.3 is 10.1 Å². The van der Waals surface area contributed by atoms with E-state index in [-0.39, 0.29) is 0 Å². The molecule has 0 spiro atoms. The molecule has 0 bridgehead atoms. The largest absolute Gasteiger partial charge is 0.465 e. The second-order valence-corrected chi connectivity index (χ2v) is 5.45. The number of hydrogen-bond acceptors (Lipinski definition) is 5. The van der Waals surface area contributed by atoms with Crippen LogP contribution in [0.5, 0.6) is 0 Å². The number of hydrogen-bond donors (Lipinski definition) is 1. The lowest BCUT2D eigenvalue weighted by Gasteiger charge is -2.12. The minimum absolute atomic E-state index is 0.402. The Bertz CT molecular complexity index is 962. The summed E-state index contributed by atoms with van der Waals surface area (Å²) in [6, 6.07) is 14.2.